The molecule has 1 aliphatic carbocycles. The van der Waals surface area contributed by atoms with Crippen LogP contribution in [0.2, 0.25) is 0 Å². The lowest BCUT2D eigenvalue weighted by atomic mass is 10.0. The number of anilines is 1. The molecule has 0 bridgehead atoms. The highest BCUT2D eigenvalue weighted by molar-refractivity contribution is 7.22. The third-order valence-corrected chi connectivity index (χ3v) is 3.18. The van der Waals surface area contributed by atoms with E-state index in [9.17, 15) is 0 Å². The molecule has 0 amide bonds. The second-order valence-corrected chi connectivity index (χ2v) is 4.50. The standard InChI is InChI=1S/C7H6N2S.C4H8/c8-7-9-5-3-1-2-4-6(5)10-7;1-2-4-3-1/h1-4H,(H2,8,9);1-4H2. The topological polar surface area (TPSA) is 38.9 Å². The van der Waals surface area contributed by atoms with Gasteiger partial charge in [0.2, 0.25) is 0 Å². The van der Waals surface area contributed by atoms with Crippen molar-refractivity contribution < 1.29 is 0 Å². The van der Waals surface area contributed by atoms with Crippen molar-refractivity contribution in [1.82, 2.24) is 4.98 Å². The Balaban J connectivity index is 0.000000157. The number of nitrogens with two attached hydrogens (primary N) is 1. The van der Waals surface area contributed by atoms with Crippen LogP contribution < -0.4 is 5.73 Å². The van der Waals surface area contributed by atoms with Crippen molar-refractivity contribution in [2.45, 2.75) is 25.7 Å². The molecule has 1 saturated carbocycles. The van der Waals surface area contributed by atoms with E-state index in [2.05, 4.69) is 4.98 Å². The highest BCUT2D eigenvalue weighted by atomic mass is 32.1. The van der Waals surface area contributed by atoms with Crippen molar-refractivity contribution in [1.29, 1.82) is 0 Å². The molecular formula is C11H14N2S. The van der Waals surface area contributed by atoms with Crippen molar-refractivity contribution in [2.24, 2.45) is 0 Å². The SMILES string of the molecule is C1CCC1.Nc1nc2ccccc2s1. The fraction of sp³-hybridized carbons (Fsp3) is 0.364. The molecular weight excluding hydrogens is 192 g/mol. The van der Waals surface area contributed by atoms with Gasteiger partial charge in [-0.15, -0.1) is 0 Å². The van der Waals surface area contributed by atoms with E-state index in [4.69, 9.17) is 5.73 Å². The molecule has 1 heterocycles. The minimum Gasteiger partial charge on any atom is -0.375 e. The summed E-state index contributed by atoms with van der Waals surface area (Å²) in [5, 5.41) is 0.640. The Kier molecular flexibility index (Phi) is 2.99. The van der Waals surface area contributed by atoms with Crippen LogP contribution in [0.15, 0.2) is 24.3 Å². The van der Waals surface area contributed by atoms with Crippen LogP contribution in [0.5, 0.6) is 0 Å². The number of rotatable bonds is 0. The number of benzene rings is 1. The zero-order valence-electron chi connectivity index (χ0n) is 8.07. The van der Waals surface area contributed by atoms with E-state index < -0.39 is 0 Å². The zero-order valence-corrected chi connectivity index (χ0v) is 8.89. The van der Waals surface area contributed by atoms with Crippen molar-refractivity contribution >= 4 is 26.7 Å². The lowest BCUT2D eigenvalue weighted by Crippen LogP contribution is -1.85. The molecule has 0 unspecified atom stereocenters. The number of hydrogen-bond acceptors (Lipinski definition) is 3. The Morgan fingerprint density at radius 1 is 1.07 bits per heavy atom. The average Bonchev–Trinajstić information content (AvgIpc) is 2.40. The molecule has 74 valence electrons. The summed E-state index contributed by atoms with van der Waals surface area (Å²) in [6.45, 7) is 0. The second-order valence-electron chi connectivity index (χ2n) is 3.43. The first kappa shape index (κ1) is 9.46. The van der Waals surface area contributed by atoms with Crippen LogP contribution in [0.25, 0.3) is 10.2 Å². The van der Waals surface area contributed by atoms with Gasteiger partial charge >= 0.3 is 0 Å². The van der Waals surface area contributed by atoms with Gasteiger partial charge in [0.15, 0.2) is 5.13 Å². The van der Waals surface area contributed by atoms with Crippen LogP contribution in [0.1, 0.15) is 25.7 Å². The second kappa shape index (κ2) is 4.42. The van der Waals surface area contributed by atoms with Crippen LogP contribution in [0.3, 0.4) is 0 Å². The van der Waals surface area contributed by atoms with E-state index in [0.717, 1.165) is 10.2 Å². The molecule has 2 aromatic rings. The van der Waals surface area contributed by atoms with Crippen LogP contribution in [-0.4, -0.2) is 4.98 Å². The zero-order chi connectivity index (χ0) is 9.80. The van der Waals surface area contributed by atoms with Crippen molar-refractivity contribution in [3.05, 3.63) is 24.3 Å². The summed E-state index contributed by atoms with van der Waals surface area (Å²) in [5.74, 6) is 0. The van der Waals surface area contributed by atoms with Crippen LogP contribution in [0, 0.1) is 0 Å². The van der Waals surface area contributed by atoms with E-state index in [-0.39, 0.29) is 0 Å². The number of thiazole rings is 1. The maximum atomic E-state index is 5.50. The maximum absolute atomic E-state index is 5.50. The van der Waals surface area contributed by atoms with Crippen molar-refractivity contribution in [2.75, 3.05) is 5.73 Å². The van der Waals surface area contributed by atoms with Gasteiger partial charge in [0.05, 0.1) is 10.2 Å². The van der Waals surface area contributed by atoms with Crippen molar-refractivity contribution in [3.8, 4) is 0 Å². The number of nitrogen functional groups attached to an aromatic ring is 1. The summed E-state index contributed by atoms with van der Waals surface area (Å²) in [4.78, 5) is 4.11. The molecule has 0 radical (unpaired) electrons. The maximum Gasteiger partial charge on any atom is 0.181 e. The molecule has 0 saturated heterocycles. The first-order valence-corrected chi connectivity index (χ1v) is 5.79. The Labute approximate surface area is 87.8 Å². The number of aromatic nitrogens is 1. The van der Waals surface area contributed by atoms with E-state index in [1.165, 1.54) is 37.0 Å². The van der Waals surface area contributed by atoms with Gasteiger partial charge in [-0.3, -0.25) is 0 Å². The van der Waals surface area contributed by atoms with E-state index in [1.54, 1.807) is 0 Å². The average molecular weight is 206 g/mol. The normalized spacial score (nSPS) is 14.3. The Morgan fingerprint density at radius 3 is 2.29 bits per heavy atom. The van der Waals surface area contributed by atoms with Crippen LogP contribution in [0.4, 0.5) is 5.13 Å². The molecule has 14 heavy (non-hydrogen) atoms. The van der Waals surface area contributed by atoms with Gasteiger partial charge in [0, 0.05) is 0 Å². The van der Waals surface area contributed by atoms with Gasteiger partial charge in [-0.2, -0.15) is 0 Å². The molecule has 3 heteroatoms. The minimum absolute atomic E-state index is 0.640. The minimum atomic E-state index is 0.640. The largest absolute Gasteiger partial charge is 0.375 e. The molecule has 3 rings (SSSR count). The number of para-hydroxylation sites is 1. The fourth-order valence-electron chi connectivity index (χ4n) is 1.14. The molecule has 1 fully saturated rings. The molecule has 1 aromatic carbocycles. The first-order valence-electron chi connectivity index (χ1n) is 4.97. The lowest BCUT2D eigenvalue weighted by molar-refractivity contribution is 0.504. The Hall–Kier alpha value is -1.09. The number of nitrogens with zero attached hydrogens (tertiary/aromatic N) is 1. The predicted octanol–water partition coefficient (Wildman–Crippen LogP) is 3.44. The molecule has 0 spiro atoms. The third kappa shape index (κ3) is 2.23. The quantitative estimate of drug-likeness (QED) is 0.717. The van der Waals surface area contributed by atoms with E-state index in [1.807, 2.05) is 24.3 Å². The predicted molar refractivity (Wildman–Crippen MR) is 62.5 cm³/mol. The van der Waals surface area contributed by atoms with Crippen molar-refractivity contribution in [3.63, 3.8) is 0 Å². The summed E-state index contributed by atoms with van der Waals surface area (Å²) in [6.07, 6.45) is 6.00. The summed E-state index contributed by atoms with van der Waals surface area (Å²) in [7, 11) is 0. The lowest BCUT2D eigenvalue weighted by Gasteiger charge is -2.05. The van der Waals surface area contributed by atoms with Gasteiger partial charge < -0.3 is 5.73 Å². The van der Waals surface area contributed by atoms with E-state index >= 15 is 0 Å². The number of fused-ring (bicyclic) bond motifs is 1. The summed E-state index contributed by atoms with van der Waals surface area (Å²) >= 11 is 1.52. The smallest absolute Gasteiger partial charge is 0.181 e. The highest BCUT2D eigenvalue weighted by Gasteiger charge is 1.96. The fourth-order valence-corrected chi connectivity index (χ4v) is 1.87. The molecule has 2 nitrogen and oxygen atoms in total. The van der Waals surface area contributed by atoms with Crippen LogP contribution in [-0.2, 0) is 0 Å². The monoisotopic (exact) mass is 206 g/mol. The van der Waals surface area contributed by atoms with Gasteiger partial charge in [-0.1, -0.05) is 49.2 Å². The summed E-state index contributed by atoms with van der Waals surface area (Å²) in [5.41, 5.74) is 6.49. The molecule has 1 aromatic heterocycles. The van der Waals surface area contributed by atoms with Gasteiger partial charge in [0.25, 0.3) is 0 Å². The Morgan fingerprint density at radius 2 is 1.71 bits per heavy atom. The summed E-state index contributed by atoms with van der Waals surface area (Å²) in [6, 6.07) is 7.92. The van der Waals surface area contributed by atoms with Gasteiger partial charge in [-0.05, 0) is 12.1 Å². The van der Waals surface area contributed by atoms with Gasteiger partial charge in [0.1, 0.15) is 0 Å². The molecule has 2 N–H and O–H groups in total. The van der Waals surface area contributed by atoms with E-state index in [0.29, 0.717) is 5.13 Å². The molecule has 0 atom stereocenters. The highest BCUT2D eigenvalue weighted by Crippen LogP contribution is 2.22. The molecule has 0 aliphatic heterocycles. The van der Waals surface area contributed by atoms with Gasteiger partial charge in [-0.25, -0.2) is 4.98 Å². The third-order valence-electron chi connectivity index (χ3n) is 2.31. The number of hydrogen-bond donors (Lipinski definition) is 1. The Bertz CT molecular complexity index is 367. The molecule has 1 aliphatic rings. The summed E-state index contributed by atoms with van der Waals surface area (Å²) < 4.78 is 1.15. The van der Waals surface area contributed by atoms with Crippen LogP contribution >= 0.6 is 11.3 Å². The first-order chi connectivity index (χ1) is 6.86.